The van der Waals surface area contributed by atoms with E-state index in [-0.39, 0.29) is 5.97 Å². The third-order valence-electron chi connectivity index (χ3n) is 2.40. The summed E-state index contributed by atoms with van der Waals surface area (Å²) in [5, 5.41) is 0. The Labute approximate surface area is 89.8 Å². The van der Waals surface area contributed by atoms with Crippen LogP contribution in [0.1, 0.15) is 55.6 Å². The Balaban J connectivity index is 2.14. The molecule has 0 aliphatic heterocycles. The molecule has 1 fully saturated rings. The van der Waals surface area contributed by atoms with E-state index >= 15 is 0 Å². The number of aromatic nitrogens is 1. The smallest absolute Gasteiger partial charge is 0.355 e. The molecule has 0 bridgehead atoms. The molecule has 0 spiro atoms. The second-order valence-electron chi connectivity index (χ2n) is 5.08. The van der Waals surface area contributed by atoms with Gasteiger partial charge in [0.1, 0.15) is 11.3 Å². The highest BCUT2D eigenvalue weighted by molar-refractivity contribution is 5.89. The molecule has 0 saturated heterocycles. The number of rotatable bonds is 2. The van der Waals surface area contributed by atoms with Gasteiger partial charge in [0.2, 0.25) is 0 Å². The minimum atomic E-state index is -0.428. The van der Waals surface area contributed by atoms with Gasteiger partial charge in [-0.25, -0.2) is 4.79 Å². The maximum Gasteiger partial charge on any atom is 0.355 e. The summed E-state index contributed by atoms with van der Waals surface area (Å²) in [5.74, 6) is 0.327. The number of hydrogen-bond donors (Lipinski definition) is 1. The van der Waals surface area contributed by atoms with E-state index in [4.69, 9.17) is 4.74 Å². The van der Waals surface area contributed by atoms with Crippen molar-refractivity contribution in [3.05, 3.63) is 23.5 Å². The molecule has 3 heteroatoms. The van der Waals surface area contributed by atoms with Crippen LogP contribution >= 0.6 is 0 Å². The topological polar surface area (TPSA) is 42.1 Å². The zero-order valence-electron chi connectivity index (χ0n) is 9.46. The van der Waals surface area contributed by atoms with E-state index in [0.717, 1.165) is 5.56 Å². The summed E-state index contributed by atoms with van der Waals surface area (Å²) in [4.78, 5) is 14.8. The molecular formula is C12H17NO2. The van der Waals surface area contributed by atoms with Gasteiger partial charge in [0.05, 0.1) is 0 Å². The molecule has 1 aliphatic rings. The first-order chi connectivity index (χ1) is 6.97. The van der Waals surface area contributed by atoms with Crippen molar-refractivity contribution < 1.29 is 9.53 Å². The second kappa shape index (κ2) is 3.40. The van der Waals surface area contributed by atoms with Gasteiger partial charge in [0.25, 0.3) is 0 Å². The Morgan fingerprint density at radius 2 is 2.13 bits per heavy atom. The van der Waals surface area contributed by atoms with Gasteiger partial charge in [-0.2, -0.15) is 0 Å². The molecule has 1 aromatic rings. The van der Waals surface area contributed by atoms with Crippen LogP contribution in [0.5, 0.6) is 0 Å². The predicted molar refractivity (Wildman–Crippen MR) is 57.9 cm³/mol. The zero-order valence-corrected chi connectivity index (χ0v) is 9.46. The van der Waals surface area contributed by atoms with Crippen LogP contribution in [-0.4, -0.2) is 16.6 Å². The van der Waals surface area contributed by atoms with Crippen molar-refractivity contribution in [3.8, 4) is 0 Å². The fraction of sp³-hybridized carbons (Fsp3) is 0.583. The fourth-order valence-electron chi connectivity index (χ4n) is 1.62. The summed E-state index contributed by atoms with van der Waals surface area (Å²) >= 11 is 0. The van der Waals surface area contributed by atoms with Gasteiger partial charge < -0.3 is 9.72 Å². The second-order valence-corrected chi connectivity index (χ2v) is 5.08. The number of aromatic amines is 1. The zero-order chi connectivity index (χ0) is 11.1. The molecule has 0 atom stereocenters. The van der Waals surface area contributed by atoms with Crippen molar-refractivity contribution in [3.63, 3.8) is 0 Å². The molecule has 82 valence electrons. The first kappa shape index (κ1) is 10.3. The number of hydrogen-bond acceptors (Lipinski definition) is 2. The van der Waals surface area contributed by atoms with Crippen LogP contribution in [0.15, 0.2) is 12.3 Å². The molecule has 1 N–H and O–H groups in total. The lowest BCUT2D eigenvalue weighted by Gasteiger charge is -2.19. The van der Waals surface area contributed by atoms with Crippen molar-refractivity contribution >= 4 is 5.97 Å². The van der Waals surface area contributed by atoms with E-state index < -0.39 is 5.60 Å². The first-order valence-corrected chi connectivity index (χ1v) is 5.38. The van der Waals surface area contributed by atoms with Crippen LogP contribution in [0.2, 0.25) is 0 Å². The summed E-state index contributed by atoms with van der Waals surface area (Å²) in [6.45, 7) is 5.64. The Morgan fingerprint density at radius 3 is 2.67 bits per heavy atom. The van der Waals surface area contributed by atoms with E-state index in [9.17, 15) is 4.79 Å². The average molecular weight is 207 g/mol. The van der Waals surface area contributed by atoms with Gasteiger partial charge >= 0.3 is 5.97 Å². The molecular weight excluding hydrogens is 190 g/mol. The molecule has 0 radical (unpaired) electrons. The van der Waals surface area contributed by atoms with Crippen LogP contribution in [0, 0.1) is 0 Å². The molecule has 0 amide bonds. The highest BCUT2D eigenvalue weighted by atomic mass is 16.6. The molecule has 0 aromatic carbocycles. The maximum absolute atomic E-state index is 11.8. The van der Waals surface area contributed by atoms with Gasteiger partial charge in [-0.3, -0.25) is 0 Å². The normalized spacial score (nSPS) is 16.5. The minimum Gasteiger partial charge on any atom is -0.455 e. The van der Waals surface area contributed by atoms with E-state index in [1.807, 2.05) is 33.0 Å². The lowest BCUT2D eigenvalue weighted by molar-refractivity contribution is 0.00624. The van der Waals surface area contributed by atoms with Crippen molar-refractivity contribution in [2.24, 2.45) is 0 Å². The van der Waals surface area contributed by atoms with Gasteiger partial charge in [-0.15, -0.1) is 0 Å². The van der Waals surface area contributed by atoms with Crippen LogP contribution in [0.3, 0.4) is 0 Å². The van der Waals surface area contributed by atoms with Crippen molar-refractivity contribution in [1.82, 2.24) is 4.98 Å². The molecule has 15 heavy (non-hydrogen) atoms. The number of carbonyl (C=O) groups excluding carboxylic acids is 1. The predicted octanol–water partition coefficient (Wildman–Crippen LogP) is 2.85. The maximum atomic E-state index is 11.8. The molecule has 3 nitrogen and oxygen atoms in total. The summed E-state index contributed by atoms with van der Waals surface area (Å²) in [6.07, 6.45) is 4.19. The third kappa shape index (κ3) is 2.41. The first-order valence-electron chi connectivity index (χ1n) is 5.38. The van der Waals surface area contributed by atoms with E-state index in [1.165, 1.54) is 12.8 Å². The molecule has 2 rings (SSSR count). The van der Waals surface area contributed by atoms with Crippen molar-refractivity contribution in [2.75, 3.05) is 0 Å². The number of carbonyl (C=O) groups is 1. The SMILES string of the molecule is CC(C)(C)OC(=O)c1[nH]ccc1C1CC1. The number of nitrogens with one attached hydrogen (secondary N) is 1. The van der Waals surface area contributed by atoms with E-state index in [1.54, 1.807) is 0 Å². The van der Waals surface area contributed by atoms with Crippen molar-refractivity contribution in [1.29, 1.82) is 0 Å². The minimum absolute atomic E-state index is 0.241. The largest absolute Gasteiger partial charge is 0.455 e. The Bertz CT molecular complexity index is 369. The Hall–Kier alpha value is -1.25. The van der Waals surface area contributed by atoms with Gasteiger partial charge in [0.15, 0.2) is 0 Å². The molecule has 1 aliphatic carbocycles. The van der Waals surface area contributed by atoms with Gasteiger partial charge in [0, 0.05) is 6.20 Å². The summed E-state index contributed by atoms with van der Waals surface area (Å²) < 4.78 is 5.33. The third-order valence-corrected chi connectivity index (χ3v) is 2.40. The summed E-state index contributed by atoms with van der Waals surface area (Å²) in [6, 6.07) is 1.98. The Morgan fingerprint density at radius 1 is 1.47 bits per heavy atom. The lowest BCUT2D eigenvalue weighted by Crippen LogP contribution is -2.24. The monoisotopic (exact) mass is 207 g/mol. The van der Waals surface area contributed by atoms with E-state index in [0.29, 0.717) is 11.6 Å². The quantitative estimate of drug-likeness (QED) is 0.758. The van der Waals surface area contributed by atoms with Gasteiger partial charge in [-0.1, -0.05) is 0 Å². The molecule has 1 aromatic heterocycles. The van der Waals surface area contributed by atoms with Crippen LogP contribution in [-0.2, 0) is 4.74 Å². The van der Waals surface area contributed by atoms with Crippen LogP contribution in [0.4, 0.5) is 0 Å². The highest BCUT2D eigenvalue weighted by Crippen LogP contribution is 2.41. The number of H-pyrrole nitrogens is 1. The highest BCUT2D eigenvalue weighted by Gasteiger charge is 2.30. The number of esters is 1. The molecule has 1 saturated carbocycles. The molecule has 0 unspecified atom stereocenters. The average Bonchev–Trinajstić information content (AvgIpc) is 2.80. The van der Waals surface area contributed by atoms with E-state index in [2.05, 4.69) is 4.98 Å². The van der Waals surface area contributed by atoms with Gasteiger partial charge in [-0.05, 0) is 51.2 Å². The fourth-order valence-corrected chi connectivity index (χ4v) is 1.62. The van der Waals surface area contributed by atoms with Crippen molar-refractivity contribution in [2.45, 2.75) is 45.1 Å². The Kier molecular flexibility index (Phi) is 2.33. The standard InChI is InChI=1S/C12H17NO2/c1-12(2,3)15-11(14)10-9(6-7-13-10)8-4-5-8/h6-8,13H,4-5H2,1-3H3. The number of ether oxygens (including phenoxy) is 1. The molecule has 1 heterocycles. The summed E-state index contributed by atoms with van der Waals surface area (Å²) in [5.41, 5.74) is 1.32. The lowest BCUT2D eigenvalue weighted by atomic mass is 10.1. The summed E-state index contributed by atoms with van der Waals surface area (Å²) in [7, 11) is 0. The van der Waals surface area contributed by atoms with Crippen LogP contribution < -0.4 is 0 Å². The van der Waals surface area contributed by atoms with Crippen LogP contribution in [0.25, 0.3) is 0 Å².